The van der Waals surface area contributed by atoms with E-state index in [2.05, 4.69) is 5.32 Å². The summed E-state index contributed by atoms with van der Waals surface area (Å²) in [7, 11) is 3.17. The molecule has 1 rings (SSSR count). The Morgan fingerprint density at radius 2 is 2.00 bits per heavy atom. The van der Waals surface area contributed by atoms with Crippen molar-refractivity contribution in [2.75, 3.05) is 31.7 Å². The van der Waals surface area contributed by atoms with Gasteiger partial charge in [0.15, 0.2) is 0 Å². The van der Waals surface area contributed by atoms with Gasteiger partial charge in [-0.1, -0.05) is 0 Å². The van der Waals surface area contributed by atoms with Crippen LogP contribution in [-0.2, 0) is 11.0 Å². The molecule has 0 aliphatic carbocycles. The highest BCUT2D eigenvalue weighted by Crippen LogP contribution is 2.32. The zero-order chi connectivity index (χ0) is 13.9. The Hall–Kier alpha value is -1.92. The molecule has 0 aromatic heterocycles. The van der Waals surface area contributed by atoms with E-state index < -0.39 is 11.7 Å². The summed E-state index contributed by atoms with van der Waals surface area (Å²) < 4.78 is 37.1. The first-order chi connectivity index (χ1) is 8.21. The molecule has 0 spiro atoms. The fourth-order valence-corrected chi connectivity index (χ4v) is 1.23. The Kier molecular flexibility index (Phi) is 4.05. The number of alkyl halides is 3. The summed E-state index contributed by atoms with van der Waals surface area (Å²) in [6.07, 6.45) is -4.42. The smallest absolute Gasteiger partial charge is 0.397 e. The maximum Gasteiger partial charge on any atom is 0.416 e. The maximum absolute atomic E-state index is 12.4. The van der Waals surface area contributed by atoms with Gasteiger partial charge in [0.05, 0.1) is 23.5 Å². The topological polar surface area (TPSA) is 58.4 Å². The van der Waals surface area contributed by atoms with Crippen LogP contribution in [0.5, 0.6) is 0 Å². The molecule has 0 heterocycles. The Morgan fingerprint density at radius 3 is 2.44 bits per heavy atom. The number of nitrogen functional groups attached to an aromatic ring is 1. The molecule has 0 aliphatic rings. The highest BCUT2D eigenvalue weighted by Gasteiger charge is 2.30. The van der Waals surface area contributed by atoms with Crippen LogP contribution in [0.4, 0.5) is 24.5 Å². The summed E-state index contributed by atoms with van der Waals surface area (Å²) in [4.78, 5) is 12.7. The van der Waals surface area contributed by atoms with Crippen molar-refractivity contribution in [2.24, 2.45) is 0 Å². The number of carbonyl (C=O) groups excluding carboxylic acids is 1. The van der Waals surface area contributed by atoms with Crippen molar-refractivity contribution in [1.82, 2.24) is 4.90 Å². The van der Waals surface area contributed by atoms with Gasteiger partial charge in [0.2, 0.25) is 5.91 Å². The second-order valence-corrected chi connectivity index (χ2v) is 3.94. The molecule has 0 fully saturated rings. The quantitative estimate of drug-likeness (QED) is 0.815. The van der Waals surface area contributed by atoms with E-state index in [1.165, 1.54) is 11.0 Å². The van der Waals surface area contributed by atoms with Gasteiger partial charge in [-0.3, -0.25) is 4.79 Å². The molecule has 1 aromatic carbocycles. The lowest BCUT2D eigenvalue weighted by Crippen LogP contribution is -2.28. The summed E-state index contributed by atoms with van der Waals surface area (Å²) in [6.45, 7) is -0.0252. The van der Waals surface area contributed by atoms with E-state index in [0.29, 0.717) is 5.69 Å². The standard InChI is InChI=1S/C11H14F3N3O/c1-17(2)10(18)6-16-9-4-3-7(5-8(9)15)11(12,13)14/h3-5,16H,6,15H2,1-2H3. The average Bonchev–Trinajstić information content (AvgIpc) is 2.25. The molecule has 0 saturated heterocycles. The zero-order valence-corrected chi connectivity index (χ0v) is 10.0. The Morgan fingerprint density at radius 1 is 1.39 bits per heavy atom. The van der Waals surface area contributed by atoms with Gasteiger partial charge in [-0.25, -0.2) is 0 Å². The summed E-state index contributed by atoms with van der Waals surface area (Å²) in [5, 5.41) is 2.69. The first-order valence-electron chi connectivity index (χ1n) is 5.12. The van der Waals surface area contributed by atoms with E-state index in [4.69, 9.17) is 5.73 Å². The van der Waals surface area contributed by atoms with Crippen LogP contribution in [0, 0.1) is 0 Å². The summed E-state index contributed by atoms with van der Waals surface area (Å²) >= 11 is 0. The number of rotatable bonds is 3. The predicted molar refractivity (Wildman–Crippen MR) is 63.0 cm³/mol. The summed E-state index contributed by atoms with van der Waals surface area (Å²) in [5.41, 5.74) is 4.94. The van der Waals surface area contributed by atoms with Crippen molar-refractivity contribution < 1.29 is 18.0 Å². The number of halogens is 3. The van der Waals surface area contributed by atoms with Crippen LogP contribution in [0.15, 0.2) is 18.2 Å². The number of nitrogens with one attached hydrogen (secondary N) is 1. The zero-order valence-electron chi connectivity index (χ0n) is 10.0. The highest BCUT2D eigenvalue weighted by atomic mass is 19.4. The lowest BCUT2D eigenvalue weighted by Gasteiger charge is -2.14. The van der Waals surface area contributed by atoms with E-state index in [1.54, 1.807) is 14.1 Å². The molecule has 1 amide bonds. The molecule has 7 heteroatoms. The fraction of sp³-hybridized carbons (Fsp3) is 0.364. The van der Waals surface area contributed by atoms with Gasteiger partial charge in [-0.2, -0.15) is 13.2 Å². The molecule has 0 aliphatic heterocycles. The number of nitrogens with zero attached hydrogens (tertiary/aromatic N) is 1. The van der Waals surface area contributed by atoms with Crippen molar-refractivity contribution in [2.45, 2.75) is 6.18 Å². The third-order valence-electron chi connectivity index (χ3n) is 2.31. The van der Waals surface area contributed by atoms with Crippen LogP contribution >= 0.6 is 0 Å². The number of nitrogens with two attached hydrogens (primary N) is 1. The third-order valence-corrected chi connectivity index (χ3v) is 2.31. The number of anilines is 2. The van der Waals surface area contributed by atoms with Crippen molar-refractivity contribution in [1.29, 1.82) is 0 Å². The normalized spacial score (nSPS) is 11.2. The molecule has 1 aromatic rings. The van der Waals surface area contributed by atoms with Gasteiger partial charge in [0.1, 0.15) is 0 Å². The molecule has 0 unspecified atom stereocenters. The van der Waals surface area contributed by atoms with Crippen LogP contribution in [0.3, 0.4) is 0 Å². The van der Waals surface area contributed by atoms with Crippen LogP contribution in [0.1, 0.15) is 5.56 Å². The Balaban J connectivity index is 2.78. The number of amides is 1. The molecular weight excluding hydrogens is 247 g/mol. The van der Waals surface area contributed by atoms with E-state index >= 15 is 0 Å². The van der Waals surface area contributed by atoms with Crippen molar-refractivity contribution in [3.05, 3.63) is 23.8 Å². The molecule has 0 bridgehead atoms. The lowest BCUT2D eigenvalue weighted by molar-refractivity contribution is -0.137. The molecular formula is C11H14F3N3O. The van der Waals surface area contributed by atoms with Gasteiger partial charge in [0, 0.05) is 14.1 Å². The predicted octanol–water partition coefficient (Wildman–Crippen LogP) is 1.79. The molecule has 3 N–H and O–H groups in total. The van der Waals surface area contributed by atoms with Crippen molar-refractivity contribution in [3.63, 3.8) is 0 Å². The van der Waals surface area contributed by atoms with Crippen molar-refractivity contribution >= 4 is 17.3 Å². The first kappa shape index (κ1) is 14.1. The van der Waals surface area contributed by atoms with E-state index in [0.717, 1.165) is 12.1 Å². The summed E-state index contributed by atoms with van der Waals surface area (Å²) in [6, 6.07) is 2.96. The highest BCUT2D eigenvalue weighted by molar-refractivity contribution is 5.82. The van der Waals surface area contributed by atoms with Gasteiger partial charge >= 0.3 is 6.18 Å². The Bertz CT molecular complexity index is 444. The minimum absolute atomic E-state index is 0.0252. The molecule has 18 heavy (non-hydrogen) atoms. The van der Waals surface area contributed by atoms with Crippen LogP contribution in [0.2, 0.25) is 0 Å². The summed E-state index contributed by atoms with van der Waals surface area (Å²) in [5.74, 6) is -0.200. The SMILES string of the molecule is CN(C)C(=O)CNc1ccc(C(F)(F)F)cc1N. The van der Waals surface area contributed by atoms with Gasteiger partial charge in [-0.05, 0) is 18.2 Å². The third kappa shape index (κ3) is 3.54. The maximum atomic E-state index is 12.4. The van der Waals surface area contributed by atoms with E-state index in [9.17, 15) is 18.0 Å². The molecule has 0 atom stereocenters. The molecule has 0 radical (unpaired) electrons. The van der Waals surface area contributed by atoms with Crippen LogP contribution in [0.25, 0.3) is 0 Å². The lowest BCUT2D eigenvalue weighted by atomic mass is 10.1. The van der Waals surface area contributed by atoms with E-state index in [1.807, 2.05) is 0 Å². The number of benzene rings is 1. The van der Waals surface area contributed by atoms with Crippen LogP contribution < -0.4 is 11.1 Å². The van der Waals surface area contributed by atoms with Gasteiger partial charge < -0.3 is 16.0 Å². The first-order valence-corrected chi connectivity index (χ1v) is 5.12. The van der Waals surface area contributed by atoms with Gasteiger partial charge in [-0.15, -0.1) is 0 Å². The number of hydrogen-bond acceptors (Lipinski definition) is 3. The molecule has 0 saturated carbocycles. The number of hydrogen-bond donors (Lipinski definition) is 2. The monoisotopic (exact) mass is 261 g/mol. The fourth-order valence-electron chi connectivity index (χ4n) is 1.23. The number of likely N-dealkylation sites (N-methyl/N-ethyl adjacent to an activating group) is 1. The average molecular weight is 261 g/mol. The number of carbonyl (C=O) groups is 1. The largest absolute Gasteiger partial charge is 0.416 e. The Labute approximate surface area is 103 Å². The van der Waals surface area contributed by atoms with Crippen molar-refractivity contribution in [3.8, 4) is 0 Å². The second kappa shape index (κ2) is 5.16. The minimum atomic E-state index is -4.42. The van der Waals surface area contributed by atoms with E-state index in [-0.39, 0.29) is 18.1 Å². The minimum Gasteiger partial charge on any atom is -0.397 e. The second-order valence-electron chi connectivity index (χ2n) is 3.94. The van der Waals surface area contributed by atoms with Gasteiger partial charge in [0.25, 0.3) is 0 Å². The molecule has 4 nitrogen and oxygen atoms in total. The molecule has 100 valence electrons. The van der Waals surface area contributed by atoms with Crippen LogP contribution in [-0.4, -0.2) is 31.4 Å².